The molecule has 2 amide bonds. The van der Waals surface area contributed by atoms with Crippen molar-refractivity contribution in [3.63, 3.8) is 0 Å². The maximum atomic E-state index is 15.2. The second-order valence-electron chi connectivity index (χ2n) is 9.94. The molecule has 7 nitrogen and oxygen atoms in total. The van der Waals surface area contributed by atoms with Crippen LogP contribution in [0.3, 0.4) is 0 Å². The standard InChI is InChI=1S/C27H26ClFN4O3/c28-20-9-10-21-23(24(20)29)27(36-26(35)31-21)11-4-12-32(16-27)25(34)19-14-30-33(15-19)22(13-17-7-8-17)18-5-2-1-3-6-18/h1-3,5-6,9-10,14-15,17,22H,4,7-8,11-13,16H2,(H,31,35)/t22-,27+/m1/s1. The molecule has 2 fully saturated rings. The van der Waals surface area contributed by atoms with Crippen LogP contribution in [0.1, 0.15) is 59.6 Å². The minimum atomic E-state index is -1.30. The second-order valence-corrected chi connectivity index (χ2v) is 10.3. The summed E-state index contributed by atoms with van der Waals surface area (Å²) in [6, 6.07) is 13.2. The molecule has 0 unspecified atom stereocenters. The number of benzene rings is 2. The largest absolute Gasteiger partial charge is 0.436 e. The van der Waals surface area contributed by atoms with Gasteiger partial charge in [0.1, 0.15) is 0 Å². The highest BCUT2D eigenvalue weighted by molar-refractivity contribution is 6.31. The average Bonchev–Trinajstić information content (AvgIpc) is 3.58. The molecule has 1 N–H and O–H groups in total. The van der Waals surface area contributed by atoms with E-state index in [1.54, 1.807) is 23.4 Å². The summed E-state index contributed by atoms with van der Waals surface area (Å²) in [5.74, 6) is -0.184. The van der Waals surface area contributed by atoms with Crippen LogP contribution >= 0.6 is 11.6 Å². The molecular weight excluding hydrogens is 483 g/mol. The predicted molar refractivity (Wildman–Crippen MR) is 132 cm³/mol. The molecule has 3 aliphatic rings. The zero-order valence-electron chi connectivity index (χ0n) is 19.6. The molecule has 0 radical (unpaired) electrons. The SMILES string of the molecule is O=C1Nc2ccc(Cl)c(F)c2[C@@]2(CCCN(C(=O)c3cnn([C@H](CC4CC4)c4ccccc4)c3)C2)O1. The second kappa shape index (κ2) is 8.92. The number of carbonyl (C=O) groups is 2. The Morgan fingerprint density at radius 2 is 2.06 bits per heavy atom. The van der Waals surface area contributed by atoms with E-state index in [1.807, 2.05) is 22.9 Å². The van der Waals surface area contributed by atoms with Crippen LogP contribution < -0.4 is 5.32 Å². The minimum absolute atomic E-state index is 0.0406. The van der Waals surface area contributed by atoms with E-state index >= 15 is 4.39 Å². The van der Waals surface area contributed by atoms with E-state index in [2.05, 4.69) is 22.5 Å². The van der Waals surface area contributed by atoms with E-state index in [-0.39, 0.29) is 29.1 Å². The Morgan fingerprint density at radius 1 is 1.25 bits per heavy atom. The Morgan fingerprint density at radius 3 is 2.83 bits per heavy atom. The van der Waals surface area contributed by atoms with Gasteiger partial charge < -0.3 is 9.64 Å². The quantitative estimate of drug-likeness (QED) is 0.475. The van der Waals surface area contributed by atoms with Gasteiger partial charge in [0.25, 0.3) is 5.91 Å². The minimum Gasteiger partial charge on any atom is -0.436 e. The highest BCUT2D eigenvalue weighted by Gasteiger charge is 2.48. The fourth-order valence-corrected chi connectivity index (χ4v) is 5.65. The molecule has 2 atom stereocenters. The van der Waals surface area contributed by atoms with Gasteiger partial charge in [0.05, 0.1) is 40.6 Å². The molecule has 186 valence electrons. The van der Waals surface area contributed by atoms with Gasteiger partial charge in [0.2, 0.25) is 0 Å². The first-order chi connectivity index (χ1) is 17.4. The number of hydrogen-bond acceptors (Lipinski definition) is 4. The molecule has 9 heteroatoms. The van der Waals surface area contributed by atoms with Crippen LogP contribution in [0.5, 0.6) is 0 Å². The first-order valence-electron chi connectivity index (χ1n) is 12.3. The van der Waals surface area contributed by atoms with Crippen molar-refractivity contribution in [2.24, 2.45) is 5.92 Å². The maximum absolute atomic E-state index is 15.2. The van der Waals surface area contributed by atoms with Crippen LogP contribution in [0, 0.1) is 11.7 Å². The third-order valence-electron chi connectivity index (χ3n) is 7.42. The number of likely N-dealkylation sites (tertiary alicyclic amines) is 1. The zero-order chi connectivity index (χ0) is 24.9. The van der Waals surface area contributed by atoms with Crippen LogP contribution in [-0.2, 0) is 10.3 Å². The summed E-state index contributed by atoms with van der Waals surface area (Å²) in [6.45, 7) is 0.511. The van der Waals surface area contributed by atoms with Gasteiger partial charge in [0, 0.05) is 12.7 Å². The number of anilines is 1. The fraction of sp³-hybridized carbons (Fsp3) is 0.370. The van der Waals surface area contributed by atoms with E-state index in [4.69, 9.17) is 16.3 Å². The smallest absolute Gasteiger partial charge is 0.412 e. The molecule has 2 aliphatic heterocycles. The van der Waals surface area contributed by atoms with Crippen molar-refractivity contribution >= 4 is 29.3 Å². The van der Waals surface area contributed by atoms with Gasteiger partial charge in [-0.15, -0.1) is 0 Å². The fourth-order valence-electron chi connectivity index (χ4n) is 5.49. The Bertz CT molecular complexity index is 1330. The van der Waals surface area contributed by atoms with Crippen LogP contribution in [0.4, 0.5) is 14.9 Å². The van der Waals surface area contributed by atoms with Crippen LogP contribution in [-0.4, -0.2) is 39.8 Å². The molecule has 0 bridgehead atoms. The number of carbonyl (C=O) groups excluding carboxylic acids is 2. The van der Waals surface area contributed by atoms with Crippen molar-refractivity contribution < 1.29 is 18.7 Å². The van der Waals surface area contributed by atoms with Crippen LogP contribution in [0.2, 0.25) is 5.02 Å². The molecule has 1 aliphatic carbocycles. The number of amides is 2. The van der Waals surface area contributed by atoms with E-state index < -0.39 is 17.5 Å². The van der Waals surface area contributed by atoms with Gasteiger partial charge in [-0.05, 0) is 42.9 Å². The van der Waals surface area contributed by atoms with Crippen LogP contribution in [0.15, 0.2) is 54.9 Å². The lowest BCUT2D eigenvalue weighted by atomic mass is 9.83. The number of piperidine rings is 1. The van der Waals surface area contributed by atoms with Crippen molar-refractivity contribution in [3.8, 4) is 0 Å². The lowest BCUT2D eigenvalue weighted by molar-refractivity contribution is -0.0418. The van der Waals surface area contributed by atoms with Crippen LogP contribution in [0.25, 0.3) is 0 Å². The summed E-state index contributed by atoms with van der Waals surface area (Å²) in [4.78, 5) is 27.5. The highest BCUT2D eigenvalue weighted by Crippen LogP contribution is 2.45. The molecule has 3 heterocycles. The number of aromatic nitrogens is 2. The zero-order valence-corrected chi connectivity index (χ0v) is 20.4. The molecule has 1 aromatic heterocycles. The molecule has 36 heavy (non-hydrogen) atoms. The topological polar surface area (TPSA) is 76.5 Å². The molecular formula is C27H26ClFN4O3. The van der Waals surface area contributed by atoms with Crippen molar-refractivity contribution in [1.82, 2.24) is 14.7 Å². The van der Waals surface area contributed by atoms with Gasteiger partial charge in [-0.25, -0.2) is 9.18 Å². The first-order valence-corrected chi connectivity index (χ1v) is 12.7. The van der Waals surface area contributed by atoms with Crippen molar-refractivity contribution in [2.45, 2.75) is 43.7 Å². The van der Waals surface area contributed by atoms with E-state index in [9.17, 15) is 9.59 Å². The van der Waals surface area contributed by atoms with Gasteiger partial charge in [0.15, 0.2) is 11.4 Å². The summed E-state index contributed by atoms with van der Waals surface area (Å²) in [5.41, 5.74) is 0.831. The highest BCUT2D eigenvalue weighted by atomic mass is 35.5. The van der Waals surface area contributed by atoms with E-state index in [0.29, 0.717) is 36.6 Å². The number of nitrogens with zero attached hydrogens (tertiary/aromatic N) is 3. The number of ether oxygens (including phenoxy) is 1. The normalized spacial score (nSPS) is 22.1. The molecule has 1 spiro atoms. The van der Waals surface area contributed by atoms with Crippen molar-refractivity contribution in [1.29, 1.82) is 0 Å². The van der Waals surface area contributed by atoms with E-state index in [1.165, 1.54) is 18.9 Å². The van der Waals surface area contributed by atoms with Gasteiger partial charge in [-0.1, -0.05) is 54.8 Å². The summed E-state index contributed by atoms with van der Waals surface area (Å²) in [5, 5.41) is 7.06. The summed E-state index contributed by atoms with van der Waals surface area (Å²) >= 11 is 6.07. The van der Waals surface area contributed by atoms with Crippen molar-refractivity contribution in [3.05, 3.63) is 82.4 Å². The Hall–Kier alpha value is -3.39. The Kier molecular flexibility index (Phi) is 5.71. The summed E-state index contributed by atoms with van der Waals surface area (Å²) < 4.78 is 22.7. The van der Waals surface area contributed by atoms with Gasteiger partial charge in [-0.3, -0.25) is 14.8 Å². The molecule has 1 saturated heterocycles. The Balaban J connectivity index is 1.28. The molecule has 6 rings (SSSR count). The lowest BCUT2D eigenvalue weighted by Gasteiger charge is -2.45. The molecule has 1 saturated carbocycles. The van der Waals surface area contributed by atoms with Crippen molar-refractivity contribution in [2.75, 3.05) is 18.4 Å². The molecule has 2 aromatic carbocycles. The number of rotatable bonds is 5. The lowest BCUT2D eigenvalue weighted by Crippen LogP contribution is -2.53. The third kappa shape index (κ3) is 4.13. The summed E-state index contributed by atoms with van der Waals surface area (Å²) in [7, 11) is 0. The molecule has 3 aromatic rings. The third-order valence-corrected chi connectivity index (χ3v) is 7.71. The van der Waals surface area contributed by atoms with Gasteiger partial charge in [-0.2, -0.15) is 5.10 Å². The summed E-state index contributed by atoms with van der Waals surface area (Å²) in [6.07, 6.45) is 7.08. The monoisotopic (exact) mass is 508 g/mol. The predicted octanol–water partition coefficient (Wildman–Crippen LogP) is 5.76. The average molecular weight is 509 g/mol. The maximum Gasteiger partial charge on any atom is 0.412 e. The number of hydrogen-bond donors (Lipinski definition) is 1. The van der Waals surface area contributed by atoms with Gasteiger partial charge >= 0.3 is 6.09 Å². The number of fused-ring (bicyclic) bond motifs is 2. The van der Waals surface area contributed by atoms with E-state index in [0.717, 1.165) is 12.0 Å². The number of halogens is 2. The number of nitrogens with one attached hydrogen (secondary N) is 1. The first kappa shape index (κ1) is 23.0. The Labute approximate surface area is 213 Å².